The molecule has 2 N–H and O–H groups in total. The molecule has 3 atom stereocenters. The van der Waals surface area contributed by atoms with E-state index in [-0.39, 0.29) is 40.8 Å². The molecule has 2 aliphatic heterocycles. The van der Waals surface area contributed by atoms with Gasteiger partial charge in [0.1, 0.15) is 40.7 Å². The highest BCUT2D eigenvalue weighted by atomic mass is 32.2. The molecule has 2 aliphatic rings. The van der Waals surface area contributed by atoms with Crippen molar-refractivity contribution in [2.24, 2.45) is 5.16 Å². The molecule has 21 heteroatoms. The number of hydrogen-bond acceptors (Lipinski definition) is 19. The summed E-state index contributed by atoms with van der Waals surface area (Å²) >= 11 is 3.73. The number of thioether (sulfide) groups is 1. The summed E-state index contributed by atoms with van der Waals surface area (Å²) in [5.41, 5.74) is 4.05. The lowest BCUT2D eigenvalue weighted by Gasteiger charge is -2.49. The van der Waals surface area contributed by atoms with Crippen LogP contribution in [0.2, 0.25) is 0 Å². The van der Waals surface area contributed by atoms with Gasteiger partial charge in [0, 0.05) is 35.9 Å². The third-order valence-corrected chi connectivity index (χ3v) is 17.1. The molecule has 452 valence electrons. The number of carbonyl (C=O) groups is 6. The van der Waals surface area contributed by atoms with Gasteiger partial charge in [0.25, 0.3) is 11.8 Å². The predicted molar refractivity (Wildman–Crippen MR) is 341 cm³/mol. The van der Waals surface area contributed by atoms with Gasteiger partial charge in [-0.2, -0.15) is 4.37 Å². The number of rotatable bonds is 23. The second kappa shape index (κ2) is 28.1. The lowest BCUT2D eigenvalue weighted by atomic mass is 9.77. The smallest absolute Gasteiger partial charge is 0.355 e. The zero-order valence-corrected chi connectivity index (χ0v) is 50.9. The number of esters is 4. The molecule has 0 radical (unpaired) electrons. The molecule has 2 amide bonds. The molecule has 1 saturated heterocycles. The maximum atomic E-state index is 15.4. The van der Waals surface area contributed by atoms with Crippen LogP contribution in [0.15, 0.2) is 233 Å². The highest BCUT2D eigenvalue weighted by Crippen LogP contribution is 2.44. The molecule has 0 bridgehead atoms. The number of methoxy groups -OCH3 is 1. The third kappa shape index (κ3) is 13.8. The van der Waals surface area contributed by atoms with Crippen molar-refractivity contribution in [3.63, 3.8) is 0 Å². The quantitative estimate of drug-likeness (QED) is 0.0152. The predicted octanol–water partition coefficient (Wildman–Crippen LogP) is 11.8. The molecular weight excluding hydrogens is 1200 g/mol. The summed E-state index contributed by atoms with van der Waals surface area (Å²) in [6.07, 6.45) is 0.624. The number of oxime groups is 1. The summed E-state index contributed by atoms with van der Waals surface area (Å²) < 4.78 is 32.8. The van der Waals surface area contributed by atoms with Gasteiger partial charge in [-0.05, 0) is 86.9 Å². The SMILES string of the molecule is COc1ccc(COC(=O)C2=C(/C=C\c3ccsn3)CS[C@H]3[C@H](NC(=O)C(=NO[C@@H](C(=O)OC(c4ccccc4)c4ccccc4)c4ccc(OC(C)=O)c(OC(C)=O)c4)c4csc(NC(c5ccccc5)(c5ccccc5)c5ccccc5)n4)C(=O)N23)cc1. The molecule has 11 rings (SSSR count). The van der Waals surface area contributed by atoms with Crippen LogP contribution in [0.3, 0.4) is 0 Å². The number of thiazole rings is 1. The van der Waals surface area contributed by atoms with E-state index in [2.05, 4.69) is 20.2 Å². The fraction of sp³-hybridized carbons (Fsp3) is 0.145. The molecule has 0 aliphatic carbocycles. The number of allylic oxidation sites excluding steroid dienone is 1. The van der Waals surface area contributed by atoms with E-state index < -0.39 is 70.6 Å². The van der Waals surface area contributed by atoms with Gasteiger partial charge in [0.05, 0.1) is 12.8 Å². The highest BCUT2D eigenvalue weighted by Gasteiger charge is 2.55. The molecule has 18 nitrogen and oxygen atoms in total. The van der Waals surface area contributed by atoms with Gasteiger partial charge in [-0.25, -0.2) is 14.6 Å². The van der Waals surface area contributed by atoms with E-state index >= 15 is 9.59 Å². The molecule has 0 saturated carbocycles. The van der Waals surface area contributed by atoms with Gasteiger partial charge in [0.15, 0.2) is 28.4 Å². The highest BCUT2D eigenvalue weighted by molar-refractivity contribution is 8.00. The topological polar surface area (TPSA) is 223 Å². The number of nitrogens with one attached hydrogen (secondary N) is 2. The fourth-order valence-electron chi connectivity index (χ4n) is 10.3. The number of fused-ring (bicyclic) bond motifs is 1. The van der Waals surface area contributed by atoms with E-state index in [0.29, 0.717) is 38.8 Å². The number of hydrogen-bond donors (Lipinski definition) is 2. The van der Waals surface area contributed by atoms with Crippen LogP contribution in [0.4, 0.5) is 5.13 Å². The monoisotopic (exact) mass is 1260 g/mol. The van der Waals surface area contributed by atoms with Gasteiger partial charge >= 0.3 is 23.9 Å². The Morgan fingerprint density at radius 3 is 1.87 bits per heavy atom. The molecule has 2 aromatic heterocycles. The summed E-state index contributed by atoms with van der Waals surface area (Å²) in [5.74, 6) is -4.37. The Morgan fingerprint density at radius 1 is 0.711 bits per heavy atom. The van der Waals surface area contributed by atoms with Crippen molar-refractivity contribution in [1.82, 2.24) is 19.6 Å². The van der Waals surface area contributed by atoms with Gasteiger partial charge < -0.3 is 39.2 Å². The molecule has 90 heavy (non-hydrogen) atoms. The van der Waals surface area contributed by atoms with Gasteiger partial charge in [0.2, 0.25) is 6.10 Å². The van der Waals surface area contributed by atoms with Crippen LogP contribution in [0, 0.1) is 0 Å². The van der Waals surface area contributed by atoms with E-state index in [0.717, 1.165) is 35.0 Å². The van der Waals surface area contributed by atoms with Gasteiger partial charge in [-0.3, -0.25) is 24.1 Å². The molecule has 4 heterocycles. The number of benzene rings is 7. The average molecular weight is 1260 g/mol. The minimum atomic E-state index is -1.84. The van der Waals surface area contributed by atoms with Crippen LogP contribution in [0.1, 0.15) is 76.4 Å². The lowest BCUT2D eigenvalue weighted by Crippen LogP contribution is -2.71. The first-order chi connectivity index (χ1) is 43.9. The summed E-state index contributed by atoms with van der Waals surface area (Å²) in [6.45, 7) is 2.21. The van der Waals surface area contributed by atoms with E-state index in [1.165, 1.54) is 53.3 Å². The minimum Gasteiger partial charge on any atom is -0.497 e. The van der Waals surface area contributed by atoms with E-state index in [1.54, 1.807) is 97.4 Å². The summed E-state index contributed by atoms with van der Waals surface area (Å²) in [7, 11) is 1.55. The Balaban J connectivity index is 0.990. The zero-order valence-electron chi connectivity index (χ0n) is 48.5. The van der Waals surface area contributed by atoms with Crippen molar-refractivity contribution in [1.29, 1.82) is 0 Å². The van der Waals surface area contributed by atoms with Crippen molar-refractivity contribution in [2.75, 3.05) is 18.2 Å². The van der Waals surface area contributed by atoms with Gasteiger partial charge in [-0.15, -0.1) is 23.1 Å². The second-order valence-corrected chi connectivity index (χ2v) is 23.0. The summed E-state index contributed by atoms with van der Waals surface area (Å²) in [6, 6.07) is 59.0. The van der Waals surface area contributed by atoms with Crippen molar-refractivity contribution >= 4 is 87.2 Å². The second-order valence-electron chi connectivity index (χ2n) is 20.4. The molecule has 7 aromatic carbocycles. The van der Waals surface area contributed by atoms with Crippen molar-refractivity contribution in [3.8, 4) is 17.2 Å². The van der Waals surface area contributed by atoms with E-state index in [4.69, 9.17) is 33.5 Å². The number of aromatic nitrogens is 2. The molecule has 1 fully saturated rings. The van der Waals surface area contributed by atoms with Crippen LogP contribution < -0.4 is 24.8 Å². The number of amides is 2. The van der Waals surface area contributed by atoms with E-state index in [9.17, 15) is 19.2 Å². The molecule has 0 spiro atoms. The summed E-state index contributed by atoms with van der Waals surface area (Å²) in [4.78, 5) is 97.1. The van der Waals surface area contributed by atoms with Crippen LogP contribution in [0.5, 0.6) is 17.2 Å². The number of anilines is 1. The largest absolute Gasteiger partial charge is 0.497 e. The Kier molecular flexibility index (Phi) is 19.1. The first-order valence-corrected chi connectivity index (χ1v) is 31.0. The summed E-state index contributed by atoms with van der Waals surface area (Å²) in [5, 5.41) is 14.0. The average Bonchev–Trinajstić information content (AvgIpc) is 0.762. The van der Waals surface area contributed by atoms with Crippen molar-refractivity contribution < 1.29 is 57.3 Å². The molecule has 9 aromatic rings. The maximum Gasteiger partial charge on any atom is 0.355 e. The number of nitrogens with zero attached hydrogens (tertiary/aromatic N) is 4. The first-order valence-electron chi connectivity index (χ1n) is 28.2. The normalized spacial score (nSPS) is 15.0. The Morgan fingerprint density at radius 2 is 1.30 bits per heavy atom. The fourth-order valence-corrected chi connectivity index (χ4v) is 12.8. The van der Waals surface area contributed by atoms with Crippen LogP contribution in [-0.2, 0) is 55.2 Å². The van der Waals surface area contributed by atoms with Crippen LogP contribution >= 0.6 is 34.6 Å². The van der Waals surface area contributed by atoms with Crippen molar-refractivity contribution in [3.05, 3.63) is 279 Å². The van der Waals surface area contributed by atoms with Crippen LogP contribution in [0.25, 0.3) is 6.08 Å². The Bertz CT molecular complexity index is 4000. The number of carbonyl (C=O) groups excluding carboxylic acids is 6. The number of β-lactam (4-membered cyclic amide) rings is 1. The zero-order chi connectivity index (χ0) is 62.6. The molecule has 0 unspecified atom stereocenters. The van der Waals surface area contributed by atoms with Crippen molar-refractivity contribution in [2.45, 2.75) is 49.6 Å². The Labute approximate surface area is 530 Å². The van der Waals surface area contributed by atoms with E-state index in [1.807, 2.05) is 115 Å². The number of ether oxygens (including phenoxy) is 5. The standard InChI is InChI=1S/C69H56N6O12S3/c1-43(76)84-56-36-32-48(39-57(56)85-44(2)77)62(67(81)86-61(46-19-9-4-10-20-46)47-21-11-5-12-22-47)87-73-58(55-42-89-68(70-55)72-69(50-23-13-6-14-24-50,51-25-15-7-16-26-51)52-27-17-8-18-28-52)63(78)71-59-64(79)75-60(66(80)83-40-45-29-34-54(82-3)35-30-45)49(41-88-65(59)75)31-33-53-37-38-90-74-53/h4-39,42,59,61-62,65H,40-41H2,1-3H3,(H,70,72)(H,71,78)/b33-31-,73-58?/t59-,62-,65+/m1/s1. The van der Waals surface area contributed by atoms with Crippen LogP contribution in [-0.4, -0.2) is 79.9 Å². The minimum absolute atomic E-state index is 0.001000. The lowest BCUT2D eigenvalue weighted by molar-refractivity contribution is -0.162. The third-order valence-electron chi connectivity index (χ3n) is 14.5. The first kappa shape index (κ1) is 61.2. The van der Waals surface area contributed by atoms with Gasteiger partial charge in [-0.1, -0.05) is 181 Å². The molecular formula is C69H56N6O12S3. The maximum absolute atomic E-state index is 15.4. The Hall–Kier alpha value is -10.5.